The number of amides is 2. The molecule has 0 radical (unpaired) electrons. The fraction of sp³-hybridized carbons (Fsp3) is 0.333. The third kappa shape index (κ3) is 11.6. The van der Waals surface area contributed by atoms with Crippen LogP contribution < -0.4 is 22.1 Å². The van der Waals surface area contributed by atoms with Crippen LogP contribution in [-0.2, 0) is 38.4 Å². The number of nitrogens with one attached hydrogen (secondary N) is 2. The summed E-state index contributed by atoms with van der Waals surface area (Å²) in [4.78, 5) is 44.7. The van der Waals surface area contributed by atoms with E-state index >= 15 is 0 Å². The van der Waals surface area contributed by atoms with E-state index in [0.717, 1.165) is 41.2 Å². The Labute approximate surface area is 283 Å². The predicted octanol–water partition coefficient (Wildman–Crippen LogP) is 4.85. The van der Waals surface area contributed by atoms with Gasteiger partial charge in [-0.3, -0.25) is 14.6 Å². The number of rotatable bonds is 18. The van der Waals surface area contributed by atoms with E-state index in [4.69, 9.17) is 16.2 Å². The molecule has 0 saturated carbocycles. The molecule has 9 heteroatoms. The summed E-state index contributed by atoms with van der Waals surface area (Å²) in [5.74, 6) is -1.62. The number of benzene rings is 4. The van der Waals surface area contributed by atoms with Crippen molar-refractivity contribution in [2.45, 2.75) is 63.5 Å². The number of carbonyl (C=O) groups is 3. The van der Waals surface area contributed by atoms with E-state index in [2.05, 4.69) is 27.8 Å². The Bertz CT molecular complexity index is 1640. The monoisotopic (exact) mass is 649 g/mol. The van der Waals surface area contributed by atoms with Gasteiger partial charge in [-0.2, -0.15) is 0 Å². The molecule has 0 saturated heterocycles. The number of unbranched alkanes of at least 4 members (excludes halogenated alkanes) is 1. The first-order valence-corrected chi connectivity index (χ1v) is 16.6. The molecule has 0 bridgehead atoms. The molecule has 3 atom stereocenters. The van der Waals surface area contributed by atoms with E-state index in [-0.39, 0.29) is 30.6 Å². The normalized spacial score (nSPS) is 12.8. The number of aryl methyl sites for hydroxylation is 1. The van der Waals surface area contributed by atoms with Crippen LogP contribution in [0.2, 0.25) is 0 Å². The second kappa shape index (κ2) is 18.8. The molecule has 0 aliphatic heterocycles. The van der Waals surface area contributed by atoms with Crippen LogP contribution in [0.5, 0.6) is 0 Å². The summed E-state index contributed by atoms with van der Waals surface area (Å²) in [6.07, 6.45) is 4.92. The molecule has 4 aromatic rings. The summed E-state index contributed by atoms with van der Waals surface area (Å²) < 4.78 is 5.06. The molecule has 6 N–H and O–H groups in total. The molecule has 0 aromatic heterocycles. The average molecular weight is 650 g/mol. The zero-order valence-electron chi connectivity index (χ0n) is 27.6. The maximum atomic E-state index is 13.9. The lowest BCUT2D eigenvalue weighted by atomic mass is 9.92. The first-order chi connectivity index (χ1) is 23.3. The molecule has 0 heterocycles. The number of hydrogen-bond acceptors (Lipinski definition) is 5. The summed E-state index contributed by atoms with van der Waals surface area (Å²) in [6.45, 7) is 0.298. The zero-order chi connectivity index (χ0) is 34.1. The van der Waals surface area contributed by atoms with Crippen LogP contribution in [0.3, 0.4) is 0 Å². The number of methoxy groups -OCH3 is 1. The molecule has 4 aromatic carbocycles. The van der Waals surface area contributed by atoms with Crippen molar-refractivity contribution in [1.82, 2.24) is 10.6 Å². The van der Waals surface area contributed by atoms with E-state index in [1.165, 1.54) is 12.7 Å². The highest BCUT2D eigenvalue weighted by Crippen LogP contribution is 2.19. The average Bonchev–Trinajstić information content (AvgIpc) is 3.10. The van der Waals surface area contributed by atoms with Crippen LogP contribution in [0.1, 0.15) is 48.8 Å². The van der Waals surface area contributed by atoms with E-state index in [1.54, 1.807) is 0 Å². The SMILES string of the molecule is COC(=O)[C@@H](Cc1ccc2ccccc2c1)NC(=O)[C@H](CCCN=C(N)N)NC(=O)C(CCCCc1ccccc1)Cc1ccccc1. The van der Waals surface area contributed by atoms with E-state index in [0.29, 0.717) is 25.8 Å². The van der Waals surface area contributed by atoms with Gasteiger partial charge in [0, 0.05) is 18.9 Å². The molecule has 0 aliphatic carbocycles. The Kier molecular flexibility index (Phi) is 14.0. The molecular weight excluding hydrogens is 602 g/mol. The van der Waals surface area contributed by atoms with Crippen LogP contribution in [0, 0.1) is 5.92 Å². The molecule has 48 heavy (non-hydrogen) atoms. The second-order valence-corrected chi connectivity index (χ2v) is 12.1. The van der Waals surface area contributed by atoms with Crippen molar-refractivity contribution >= 4 is 34.5 Å². The molecule has 0 aliphatic rings. The maximum absolute atomic E-state index is 13.9. The summed E-state index contributed by atoms with van der Waals surface area (Å²) in [7, 11) is 1.29. The van der Waals surface area contributed by atoms with Crippen molar-refractivity contribution in [3.63, 3.8) is 0 Å². The molecule has 0 fully saturated rings. The number of aliphatic imine (C=N–C) groups is 1. The van der Waals surface area contributed by atoms with Crippen LogP contribution in [0.25, 0.3) is 10.8 Å². The van der Waals surface area contributed by atoms with Gasteiger partial charge in [0.2, 0.25) is 11.8 Å². The van der Waals surface area contributed by atoms with Gasteiger partial charge in [0.05, 0.1) is 7.11 Å². The minimum Gasteiger partial charge on any atom is -0.467 e. The van der Waals surface area contributed by atoms with Gasteiger partial charge in [0.1, 0.15) is 12.1 Å². The largest absolute Gasteiger partial charge is 0.467 e. The molecular formula is C39H47N5O4. The van der Waals surface area contributed by atoms with Gasteiger partial charge >= 0.3 is 5.97 Å². The van der Waals surface area contributed by atoms with E-state index < -0.39 is 24.0 Å². The van der Waals surface area contributed by atoms with Crippen molar-refractivity contribution in [2.24, 2.45) is 22.4 Å². The third-order valence-electron chi connectivity index (χ3n) is 8.44. The quantitative estimate of drug-likeness (QED) is 0.0524. The Hall–Kier alpha value is -5.18. The van der Waals surface area contributed by atoms with Gasteiger partial charge in [-0.05, 0) is 66.0 Å². The van der Waals surface area contributed by atoms with Crippen molar-refractivity contribution < 1.29 is 19.1 Å². The smallest absolute Gasteiger partial charge is 0.328 e. The summed E-state index contributed by atoms with van der Waals surface area (Å²) in [5.41, 5.74) is 14.2. The van der Waals surface area contributed by atoms with Gasteiger partial charge in [0.25, 0.3) is 0 Å². The first kappa shape index (κ1) is 35.7. The molecule has 1 unspecified atom stereocenters. The van der Waals surface area contributed by atoms with Gasteiger partial charge in [-0.1, -0.05) is 110 Å². The summed E-state index contributed by atoms with van der Waals surface area (Å²) in [6, 6.07) is 32.2. The highest BCUT2D eigenvalue weighted by molar-refractivity contribution is 5.91. The Morgan fingerprint density at radius 2 is 1.31 bits per heavy atom. The number of nitrogens with zero attached hydrogens (tertiary/aromatic N) is 1. The lowest BCUT2D eigenvalue weighted by Crippen LogP contribution is -2.53. The Balaban J connectivity index is 1.48. The van der Waals surface area contributed by atoms with E-state index in [1.807, 2.05) is 91.0 Å². The molecule has 2 amide bonds. The van der Waals surface area contributed by atoms with Crippen molar-refractivity contribution in [3.8, 4) is 0 Å². The third-order valence-corrected chi connectivity index (χ3v) is 8.44. The van der Waals surface area contributed by atoms with Gasteiger partial charge in [0.15, 0.2) is 5.96 Å². The number of fused-ring (bicyclic) bond motifs is 1. The standard InChI is InChI=1S/C39H47N5O4/c1-48-38(47)35(27-30-22-23-31-18-10-11-19-32(31)26-30)44-37(46)34(21-12-24-42-39(40)41)43-36(45)33(25-29-16-6-3-7-17-29)20-9-8-15-28-13-4-2-5-14-28/h2-7,10-11,13-14,16-19,22-23,26,33-35H,8-9,12,15,20-21,24-25,27H2,1H3,(H,43,45)(H,44,46)(H4,40,41,42)/t33?,34-,35+/m0/s1. The number of ether oxygens (including phenoxy) is 1. The number of nitrogens with two attached hydrogens (primary N) is 2. The fourth-order valence-corrected chi connectivity index (χ4v) is 5.86. The minimum absolute atomic E-state index is 0.0420. The molecule has 0 spiro atoms. The van der Waals surface area contributed by atoms with Gasteiger partial charge in [-0.15, -0.1) is 0 Å². The van der Waals surface area contributed by atoms with Gasteiger partial charge < -0.3 is 26.8 Å². The van der Waals surface area contributed by atoms with Gasteiger partial charge in [-0.25, -0.2) is 4.79 Å². The predicted molar refractivity (Wildman–Crippen MR) is 191 cm³/mol. The molecule has 9 nitrogen and oxygen atoms in total. The summed E-state index contributed by atoms with van der Waals surface area (Å²) in [5, 5.41) is 7.99. The zero-order valence-corrected chi connectivity index (χ0v) is 27.6. The number of carbonyl (C=O) groups excluding carboxylic acids is 3. The number of guanidine groups is 1. The second-order valence-electron chi connectivity index (χ2n) is 12.1. The van der Waals surface area contributed by atoms with Crippen molar-refractivity contribution in [3.05, 3.63) is 120 Å². The Morgan fingerprint density at radius 1 is 0.667 bits per heavy atom. The molecule has 4 rings (SSSR count). The van der Waals surface area contributed by atoms with Crippen LogP contribution >= 0.6 is 0 Å². The maximum Gasteiger partial charge on any atom is 0.328 e. The first-order valence-electron chi connectivity index (χ1n) is 16.6. The van der Waals surface area contributed by atoms with Crippen LogP contribution in [0.15, 0.2) is 108 Å². The van der Waals surface area contributed by atoms with Crippen LogP contribution in [-0.4, -0.2) is 49.5 Å². The lowest BCUT2D eigenvalue weighted by molar-refractivity contribution is -0.145. The highest BCUT2D eigenvalue weighted by atomic mass is 16.5. The Morgan fingerprint density at radius 3 is 2.00 bits per heavy atom. The van der Waals surface area contributed by atoms with Crippen LogP contribution in [0.4, 0.5) is 0 Å². The topological polar surface area (TPSA) is 149 Å². The number of hydrogen-bond donors (Lipinski definition) is 4. The highest BCUT2D eigenvalue weighted by Gasteiger charge is 2.29. The minimum atomic E-state index is -0.945. The fourth-order valence-electron chi connectivity index (χ4n) is 5.86. The summed E-state index contributed by atoms with van der Waals surface area (Å²) >= 11 is 0. The van der Waals surface area contributed by atoms with Crippen molar-refractivity contribution in [1.29, 1.82) is 0 Å². The van der Waals surface area contributed by atoms with E-state index in [9.17, 15) is 14.4 Å². The lowest BCUT2D eigenvalue weighted by Gasteiger charge is -2.25. The number of esters is 1. The molecule has 252 valence electrons. The van der Waals surface area contributed by atoms with Crippen molar-refractivity contribution in [2.75, 3.05) is 13.7 Å².